The largest absolute Gasteiger partial charge is 0.362 e. The van der Waals surface area contributed by atoms with E-state index in [1.807, 2.05) is 24.3 Å². The van der Waals surface area contributed by atoms with Crippen molar-refractivity contribution in [3.63, 3.8) is 0 Å². The van der Waals surface area contributed by atoms with Gasteiger partial charge in [-0.1, -0.05) is 24.3 Å². The smallest absolute Gasteiger partial charge is 0.0686 e. The SMILES string of the molecule is C#CCC=CC=CCOP. The average Bonchev–Trinajstić information content (AvgIpc) is 1.97. The summed E-state index contributed by atoms with van der Waals surface area (Å²) in [7, 11) is 2.18. The Labute approximate surface area is 64.4 Å². The van der Waals surface area contributed by atoms with Gasteiger partial charge in [0.15, 0.2) is 0 Å². The van der Waals surface area contributed by atoms with Crippen LogP contribution in [-0.4, -0.2) is 6.61 Å². The minimum Gasteiger partial charge on any atom is -0.362 e. The molecule has 0 amide bonds. The highest BCUT2D eigenvalue weighted by atomic mass is 31.0. The second-order valence-electron chi connectivity index (χ2n) is 1.60. The first-order valence-electron chi connectivity index (χ1n) is 2.98. The lowest BCUT2D eigenvalue weighted by atomic mass is 10.4. The van der Waals surface area contributed by atoms with Crippen LogP contribution in [0, 0.1) is 12.3 Å². The van der Waals surface area contributed by atoms with Gasteiger partial charge in [-0.15, -0.1) is 12.3 Å². The van der Waals surface area contributed by atoms with Gasteiger partial charge < -0.3 is 4.52 Å². The van der Waals surface area contributed by atoms with Gasteiger partial charge in [0.1, 0.15) is 0 Å². The van der Waals surface area contributed by atoms with Crippen LogP contribution in [0.3, 0.4) is 0 Å². The zero-order valence-corrected chi connectivity index (χ0v) is 6.94. The van der Waals surface area contributed by atoms with E-state index < -0.39 is 0 Å². The van der Waals surface area contributed by atoms with Crippen molar-refractivity contribution in [2.24, 2.45) is 0 Å². The molecule has 0 rings (SSSR count). The standard InChI is InChI=1S/C8H11OP/c1-2-3-4-5-6-7-8-9-10/h1,4-7H,3,8,10H2. The minimum absolute atomic E-state index is 0.616. The molecular weight excluding hydrogens is 143 g/mol. The zero-order valence-electron chi connectivity index (χ0n) is 5.79. The van der Waals surface area contributed by atoms with Crippen molar-refractivity contribution in [1.82, 2.24) is 0 Å². The van der Waals surface area contributed by atoms with Crippen LogP contribution in [0.15, 0.2) is 24.3 Å². The maximum Gasteiger partial charge on any atom is 0.0686 e. The molecule has 0 heterocycles. The number of hydrogen-bond donors (Lipinski definition) is 0. The van der Waals surface area contributed by atoms with Gasteiger partial charge in [-0.3, -0.25) is 0 Å². The maximum atomic E-state index is 5.02. The van der Waals surface area contributed by atoms with Gasteiger partial charge in [-0.05, 0) is 0 Å². The summed E-state index contributed by atoms with van der Waals surface area (Å²) < 4.78 is 4.70. The van der Waals surface area contributed by atoms with E-state index in [-0.39, 0.29) is 0 Å². The Balaban J connectivity index is 3.25. The Morgan fingerprint density at radius 2 is 2.10 bits per heavy atom. The first-order chi connectivity index (χ1) is 4.91. The zero-order chi connectivity index (χ0) is 7.66. The van der Waals surface area contributed by atoms with E-state index in [9.17, 15) is 0 Å². The number of allylic oxidation sites excluding steroid dienone is 3. The average molecular weight is 154 g/mol. The van der Waals surface area contributed by atoms with Gasteiger partial charge in [0.05, 0.1) is 6.61 Å². The summed E-state index contributed by atoms with van der Waals surface area (Å²) in [4.78, 5) is 0. The molecule has 1 atom stereocenters. The summed E-state index contributed by atoms with van der Waals surface area (Å²) in [5.41, 5.74) is 0. The van der Waals surface area contributed by atoms with E-state index in [0.29, 0.717) is 13.0 Å². The molecule has 0 aliphatic rings. The Morgan fingerprint density at radius 3 is 2.70 bits per heavy atom. The van der Waals surface area contributed by atoms with Crippen LogP contribution in [-0.2, 0) is 4.52 Å². The predicted octanol–water partition coefficient (Wildman–Crippen LogP) is 1.93. The summed E-state index contributed by atoms with van der Waals surface area (Å²) in [6, 6.07) is 0. The molecular formula is C8H11OP. The van der Waals surface area contributed by atoms with Crippen LogP contribution >= 0.6 is 9.47 Å². The predicted molar refractivity (Wildman–Crippen MR) is 47.4 cm³/mol. The lowest BCUT2D eigenvalue weighted by molar-refractivity contribution is 0.427. The third-order valence-electron chi connectivity index (χ3n) is 0.811. The van der Waals surface area contributed by atoms with Gasteiger partial charge >= 0.3 is 0 Å². The molecule has 2 heteroatoms. The molecule has 0 N–H and O–H groups in total. The van der Waals surface area contributed by atoms with E-state index in [4.69, 9.17) is 10.9 Å². The summed E-state index contributed by atoms with van der Waals surface area (Å²) in [6.07, 6.45) is 13.3. The highest BCUT2D eigenvalue weighted by molar-refractivity contribution is 7.09. The van der Waals surface area contributed by atoms with Crippen molar-refractivity contribution in [3.05, 3.63) is 24.3 Å². The van der Waals surface area contributed by atoms with Crippen molar-refractivity contribution >= 4 is 9.47 Å². The molecule has 0 fully saturated rings. The number of hydrogen-bond acceptors (Lipinski definition) is 1. The van der Waals surface area contributed by atoms with E-state index in [0.717, 1.165) is 0 Å². The van der Waals surface area contributed by atoms with Crippen molar-refractivity contribution < 1.29 is 4.52 Å². The van der Waals surface area contributed by atoms with E-state index in [1.54, 1.807) is 0 Å². The van der Waals surface area contributed by atoms with Crippen molar-refractivity contribution in [1.29, 1.82) is 0 Å². The first kappa shape index (κ1) is 9.43. The second kappa shape index (κ2) is 8.43. The third-order valence-corrected chi connectivity index (χ3v) is 1.00. The van der Waals surface area contributed by atoms with Gasteiger partial charge in [0, 0.05) is 15.9 Å². The summed E-state index contributed by atoms with van der Waals surface area (Å²) in [5.74, 6) is 2.50. The number of rotatable bonds is 4. The van der Waals surface area contributed by atoms with Crippen LogP contribution in [0.5, 0.6) is 0 Å². The molecule has 0 saturated heterocycles. The van der Waals surface area contributed by atoms with Crippen molar-refractivity contribution in [3.8, 4) is 12.3 Å². The summed E-state index contributed by atoms with van der Waals surface area (Å²) in [6.45, 7) is 0.616. The van der Waals surface area contributed by atoms with Gasteiger partial charge in [-0.2, -0.15) is 0 Å². The molecule has 10 heavy (non-hydrogen) atoms. The Hall–Kier alpha value is -0.570. The molecule has 0 aromatic heterocycles. The van der Waals surface area contributed by atoms with Crippen molar-refractivity contribution in [2.45, 2.75) is 6.42 Å². The van der Waals surface area contributed by atoms with Crippen LogP contribution in [0.1, 0.15) is 6.42 Å². The van der Waals surface area contributed by atoms with Gasteiger partial charge in [0.2, 0.25) is 0 Å². The Morgan fingerprint density at radius 1 is 1.40 bits per heavy atom. The summed E-state index contributed by atoms with van der Waals surface area (Å²) in [5, 5.41) is 0. The minimum atomic E-state index is 0.616. The van der Waals surface area contributed by atoms with Crippen molar-refractivity contribution in [2.75, 3.05) is 6.61 Å². The number of terminal acetylenes is 1. The van der Waals surface area contributed by atoms with Crippen LogP contribution in [0.4, 0.5) is 0 Å². The summed E-state index contributed by atoms with van der Waals surface area (Å²) >= 11 is 0. The third kappa shape index (κ3) is 7.43. The molecule has 0 aromatic rings. The van der Waals surface area contributed by atoms with Gasteiger partial charge in [0.25, 0.3) is 0 Å². The highest BCUT2D eigenvalue weighted by Crippen LogP contribution is 1.86. The first-order valence-corrected chi connectivity index (χ1v) is 3.45. The molecule has 1 unspecified atom stereocenters. The van der Waals surface area contributed by atoms with Crippen LogP contribution in [0.2, 0.25) is 0 Å². The molecule has 1 nitrogen and oxygen atoms in total. The van der Waals surface area contributed by atoms with Crippen LogP contribution in [0.25, 0.3) is 0 Å². The molecule has 0 aliphatic heterocycles. The molecule has 54 valence electrons. The van der Waals surface area contributed by atoms with E-state index in [1.165, 1.54) is 0 Å². The lowest BCUT2D eigenvalue weighted by Crippen LogP contribution is -1.71. The molecule has 0 bridgehead atoms. The fourth-order valence-corrected chi connectivity index (χ4v) is 0.515. The maximum absolute atomic E-state index is 5.02. The Kier molecular flexibility index (Phi) is 7.95. The fraction of sp³-hybridized carbons (Fsp3) is 0.250. The van der Waals surface area contributed by atoms with E-state index in [2.05, 4.69) is 15.4 Å². The second-order valence-corrected chi connectivity index (χ2v) is 1.93. The van der Waals surface area contributed by atoms with Gasteiger partial charge in [-0.25, -0.2) is 0 Å². The fourth-order valence-electron chi connectivity index (χ4n) is 0.404. The topological polar surface area (TPSA) is 9.23 Å². The molecule has 0 aromatic carbocycles. The normalized spacial score (nSPS) is 10.8. The quantitative estimate of drug-likeness (QED) is 0.341. The Bertz CT molecular complexity index is 153. The molecule has 0 spiro atoms. The van der Waals surface area contributed by atoms with E-state index >= 15 is 0 Å². The molecule has 0 saturated carbocycles. The lowest BCUT2D eigenvalue weighted by Gasteiger charge is -1.83. The highest BCUT2D eigenvalue weighted by Gasteiger charge is 1.68. The molecule has 0 aliphatic carbocycles. The molecule has 0 radical (unpaired) electrons. The van der Waals surface area contributed by atoms with Crippen LogP contribution < -0.4 is 0 Å². The monoisotopic (exact) mass is 154 g/mol.